The topological polar surface area (TPSA) is 84.4 Å². The minimum Gasteiger partial charge on any atom is -0.443 e. The SMILES string of the molecule is CSc1ncc(C=O)c(N(NC(=O)OC(C)(C)C)[C@H]2C[C@@H]3CC[C@H]2C3)n1. The van der Waals surface area contributed by atoms with E-state index in [2.05, 4.69) is 15.4 Å². The average molecular weight is 378 g/mol. The number of hydrogen-bond acceptors (Lipinski definition) is 7. The number of nitrogens with one attached hydrogen (secondary N) is 1. The molecule has 2 fully saturated rings. The number of carbonyl (C=O) groups is 2. The van der Waals surface area contributed by atoms with Gasteiger partial charge in [0.05, 0.1) is 11.6 Å². The highest BCUT2D eigenvalue weighted by molar-refractivity contribution is 7.98. The van der Waals surface area contributed by atoms with E-state index in [1.807, 2.05) is 27.0 Å². The molecular formula is C18H26N4O3S. The lowest BCUT2D eigenvalue weighted by Crippen LogP contribution is -2.53. The standard InChI is InChI=1S/C18H26N4O3S/c1-18(2,3)25-17(24)21-22(14-8-11-5-6-12(14)7-11)15-13(10-23)9-19-16(20-15)26-4/h9-12,14H,5-8H2,1-4H3,(H,21,24)/t11-,12+,14+/m1/s1. The Morgan fingerprint density at radius 3 is 2.69 bits per heavy atom. The van der Waals surface area contributed by atoms with Gasteiger partial charge in [-0.1, -0.05) is 18.2 Å². The van der Waals surface area contributed by atoms with Crippen LogP contribution in [-0.4, -0.2) is 40.2 Å². The van der Waals surface area contributed by atoms with Crippen LogP contribution in [0.25, 0.3) is 0 Å². The first-order valence-electron chi connectivity index (χ1n) is 8.96. The fourth-order valence-electron chi connectivity index (χ4n) is 3.96. The summed E-state index contributed by atoms with van der Waals surface area (Å²) in [5.74, 6) is 1.61. The Morgan fingerprint density at radius 1 is 1.38 bits per heavy atom. The van der Waals surface area contributed by atoms with Crippen molar-refractivity contribution < 1.29 is 14.3 Å². The normalized spacial score (nSPS) is 24.4. The number of amides is 1. The number of fused-ring (bicyclic) bond motifs is 2. The third-order valence-electron chi connectivity index (χ3n) is 4.95. The van der Waals surface area contributed by atoms with Gasteiger partial charge in [0, 0.05) is 6.20 Å². The van der Waals surface area contributed by atoms with Crippen LogP contribution in [0, 0.1) is 11.8 Å². The number of carbonyl (C=O) groups excluding carboxylic acids is 2. The summed E-state index contributed by atoms with van der Waals surface area (Å²) in [6.45, 7) is 5.46. The molecule has 3 atom stereocenters. The van der Waals surface area contributed by atoms with E-state index in [-0.39, 0.29) is 6.04 Å². The molecule has 1 aromatic rings. The second-order valence-corrected chi connectivity index (χ2v) is 8.75. The van der Waals surface area contributed by atoms with Crippen molar-refractivity contribution in [2.45, 2.75) is 63.3 Å². The van der Waals surface area contributed by atoms with Crippen molar-refractivity contribution in [3.05, 3.63) is 11.8 Å². The summed E-state index contributed by atoms with van der Waals surface area (Å²) in [6, 6.07) is 0.115. The van der Waals surface area contributed by atoms with E-state index >= 15 is 0 Å². The second kappa shape index (κ2) is 7.42. The molecule has 0 aliphatic heterocycles. The third-order valence-corrected chi connectivity index (χ3v) is 5.52. The molecule has 7 nitrogen and oxygen atoms in total. The Morgan fingerprint density at radius 2 is 2.15 bits per heavy atom. The van der Waals surface area contributed by atoms with E-state index in [4.69, 9.17) is 4.74 Å². The first-order chi connectivity index (χ1) is 12.3. The zero-order valence-corrected chi connectivity index (χ0v) is 16.5. The third kappa shape index (κ3) is 4.11. The lowest BCUT2D eigenvalue weighted by atomic mass is 9.94. The predicted octanol–water partition coefficient (Wildman–Crippen LogP) is 3.45. The van der Waals surface area contributed by atoms with Gasteiger partial charge in [-0.2, -0.15) is 0 Å². The molecule has 0 radical (unpaired) electrons. The van der Waals surface area contributed by atoms with Gasteiger partial charge in [0.2, 0.25) is 0 Å². The number of anilines is 1. The first-order valence-corrected chi connectivity index (χ1v) is 10.2. The number of aldehydes is 1. The van der Waals surface area contributed by atoms with Gasteiger partial charge in [-0.3, -0.25) is 9.80 Å². The Labute approximate surface area is 158 Å². The van der Waals surface area contributed by atoms with E-state index in [0.29, 0.717) is 28.4 Å². The average Bonchev–Trinajstić information content (AvgIpc) is 3.20. The van der Waals surface area contributed by atoms with Gasteiger partial charge in [-0.05, 0) is 58.1 Å². The molecular weight excluding hydrogens is 352 g/mol. The minimum absolute atomic E-state index is 0.115. The van der Waals surface area contributed by atoms with Crippen molar-refractivity contribution in [2.75, 3.05) is 11.3 Å². The molecule has 1 amide bonds. The Kier molecular flexibility index (Phi) is 5.41. The van der Waals surface area contributed by atoms with Crippen molar-refractivity contribution in [1.29, 1.82) is 0 Å². The highest BCUT2D eigenvalue weighted by atomic mass is 32.2. The van der Waals surface area contributed by atoms with Crippen molar-refractivity contribution in [2.24, 2.45) is 11.8 Å². The van der Waals surface area contributed by atoms with E-state index in [1.165, 1.54) is 24.4 Å². The fourth-order valence-corrected chi connectivity index (χ4v) is 4.30. The van der Waals surface area contributed by atoms with Crippen LogP contribution in [0.5, 0.6) is 0 Å². The molecule has 0 spiro atoms. The summed E-state index contributed by atoms with van der Waals surface area (Å²) in [6.07, 6.45) is 8.10. The molecule has 0 unspecified atom stereocenters. The minimum atomic E-state index is -0.603. The molecule has 1 aromatic heterocycles. The van der Waals surface area contributed by atoms with Crippen molar-refractivity contribution >= 4 is 30.0 Å². The number of aromatic nitrogens is 2. The Bertz CT molecular complexity index is 692. The van der Waals surface area contributed by atoms with Crippen molar-refractivity contribution in [3.63, 3.8) is 0 Å². The zero-order chi connectivity index (χ0) is 18.9. The van der Waals surface area contributed by atoms with E-state index in [9.17, 15) is 9.59 Å². The van der Waals surface area contributed by atoms with Gasteiger partial charge in [0.25, 0.3) is 0 Å². The first kappa shape index (κ1) is 18.9. The molecule has 2 aliphatic rings. The largest absolute Gasteiger partial charge is 0.443 e. The number of rotatable bonds is 5. The van der Waals surface area contributed by atoms with Crippen molar-refractivity contribution in [3.8, 4) is 0 Å². The number of ether oxygens (including phenoxy) is 1. The van der Waals surface area contributed by atoms with Gasteiger partial charge in [-0.15, -0.1) is 0 Å². The number of nitrogens with zero attached hydrogens (tertiary/aromatic N) is 3. The Hall–Kier alpha value is -1.83. The van der Waals surface area contributed by atoms with Gasteiger partial charge >= 0.3 is 6.09 Å². The maximum Gasteiger partial charge on any atom is 0.426 e. The molecule has 26 heavy (non-hydrogen) atoms. The molecule has 142 valence electrons. The highest BCUT2D eigenvalue weighted by Gasteiger charge is 2.44. The van der Waals surface area contributed by atoms with E-state index < -0.39 is 11.7 Å². The zero-order valence-electron chi connectivity index (χ0n) is 15.7. The summed E-state index contributed by atoms with van der Waals surface area (Å²) in [4.78, 5) is 32.7. The van der Waals surface area contributed by atoms with Crippen LogP contribution in [0.4, 0.5) is 10.6 Å². The maximum absolute atomic E-state index is 12.4. The van der Waals surface area contributed by atoms with Crippen LogP contribution in [-0.2, 0) is 4.74 Å². The number of hydrogen-bond donors (Lipinski definition) is 1. The van der Waals surface area contributed by atoms with Gasteiger partial charge in [0.15, 0.2) is 17.3 Å². The monoisotopic (exact) mass is 378 g/mol. The van der Waals surface area contributed by atoms with E-state index in [0.717, 1.165) is 25.5 Å². The maximum atomic E-state index is 12.4. The molecule has 0 aromatic carbocycles. The van der Waals surface area contributed by atoms with Gasteiger partial charge < -0.3 is 4.74 Å². The summed E-state index contributed by atoms with van der Waals surface area (Å²) >= 11 is 1.40. The highest BCUT2D eigenvalue weighted by Crippen LogP contribution is 2.47. The molecule has 3 rings (SSSR count). The Balaban J connectivity index is 1.93. The molecule has 1 heterocycles. The van der Waals surface area contributed by atoms with Crippen LogP contribution in [0.15, 0.2) is 11.4 Å². The van der Waals surface area contributed by atoms with Crippen LogP contribution >= 0.6 is 11.8 Å². The number of thioether (sulfide) groups is 1. The van der Waals surface area contributed by atoms with Crippen LogP contribution in [0.1, 0.15) is 56.8 Å². The summed E-state index contributed by atoms with van der Waals surface area (Å²) in [7, 11) is 0. The quantitative estimate of drug-likeness (QED) is 0.363. The van der Waals surface area contributed by atoms with Crippen LogP contribution < -0.4 is 10.4 Å². The predicted molar refractivity (Wildman–Crippen MR) is 100 cm³/mol. The summed E-state index contributed by atoms with van der Waals surface area (Å²) in [5.41, 5.74) is 2.62. The molecule has 2 aliphatic carbocycles. The molecule has 8 heteroatoms. The molecule has 2 bridgehead atoms. The van der Waals surface area contributed by atoms with Crippen molar-refractivity contribution in [1.82, 2.24) is 15.4 Å². The van der Waals surface area contributed by atoms with E-state index in [1.54, 1.807) is 5.01 Å². The second-order valence-electron chi connectivity index (χ2n) is 7.98. The fraction of sp³-hybridized carbons (Fsp3) is 0.667. The lowest BCUT2D eigenvalue weighted by Gasteiger charge is -2.36. The molecule has 2 saturated carbocycles. The smallest absolute Gasteiger partial charge is 0.426 e. The summed E-state index contributed by atoms with van der Waals surface area (Å²) in [5, 5.41) is 2.31. The number of hydrazine groups is 1. The van der Waals surface area contributed by atoms with Crippen LogP contribution in [0.3, 0.4) is 0 Å². The molecule has 1 N–H and O–H groups in total. The van der Waals surface area contributed by atoms with Crippen LogP contribution in [0.2, 0.25) is 0 Å². The van der Waals surface area contributed by atoms with Gasteiger partial charge in [-0.25, -0.2) is 20.2 Å². The lowest BCUT2D eigenvalue weighted by molar-refractivity contribution is 0.0509. The van der Waals surface area contributed by atoms with Gasteiger partial charge in [0.1, 0.15) is 5.60 Å². The summed E-state index contributed by atoms with van der Waals surface area (Å²) < 4.78 is 5.43. The molecule has 0 saturated heterocycles.